The number of aliphatic hydroxyl groups excluding tert-OH is 1. The molecule has 2 atom stereocenters. The van der Waals surface area contributed by atoms with Gasteiger partial charge in [0.1, 0.15) is 6.23 Å². The van der Waals surface area contributed by atoms with Crippen LogP contribution >= 0.6 is 0 Å². The summed E-state index contributed by atoms with van der Waals surface area (Å²) >= 11 is 0. The molecule has 0 radical (unpaired) electrons. The van der Waals surface area contributed by atoms with Crippen LogP contribution < -0.4 is 5.73 Å². The highest BCUT2D eigenvalue weighted by molar-refractivity contribution is 5.45. The fourth-order valence-corrected chi connectivity index (χ4v) is 2.78. The van der Waals surface area contributed by atoms with Crippen LogP contribution in [0.25, 0.3) is 0 Å². The van der Waals surface area contributed by atoms with Gasteiger partial charge >= 0.3 is 0 Å². The first-order chi connectivity index (χ1) is 10.7. The van der Waals surface area contributed by atoms with Gasteiger partial charge in [-0.3, -0.25) is 0 Å². The molecule has 2 aromatic rings. The minimum absolute atomic E-state index is 0.207. The first-order valence-corrected chi connectivity index (χ1v) is 7.18. The van der Waals surface area contributed by atoms with E-state index >= 15 is 0 Å². The van der Waals surface area contributed by atoms with Crippen molar-refractivity contribution in [3.05, 3.63) is 47.5 Å². The van der Waals surface area contributed by atoms with Crippen molar-refractivity contribution in [1.29, 1.82) is 0 Å². The Kier molecular flexibility index (Phi) is 4.68. The molecule has 0 aliphatic carbocycles. The molecule has 0 spiro atoms. The number of hydrogen-bond donors (Lipinski definition) is 6. The van der Waals surface area contributed by atoms with E-state index in [0.29, 0.717) is 12.0 Å². The Labute approximate surface area is 134 Å². The second kappa shape index (κ2) is 6.36. The van der Waals surface area contributed by atoms with E-state index in [1.807, 2.05) is 6.92 Å². The molecule has 124 valence electrons. The Morgan fingerprint density at radius 2 is 1.48 bits per heavy atom. The lowest BCUT2D eigenvalue weighted by Gasteiger charge is -2.32. The van der Waals surface area contributed by atoms with Crippen molar-refractivity contribution in [3.63, 3.8) is 0 Å². The van der Waals surface area contributed by atoms with Crippen LogP contribution in [0.3, 0.4) is 0 Å². The maximum Gasteiger partial charge on any atom is 0.157 e. The molecule has 6 nitrogen and oxygen atoms in total. The average Bonchev–Trinajstić information content (AvgIpc) is 2.45. The lowest BCUT2D eigenvalue weighted by molar-refractivity contribution is 0.140. The van der Waals surface area contributed by atoms with Crippen molar-refractivity contribution in [1.82, 2.24) is 0 Å². The van der Waals surface area contributed by atoms with Gasteiger partial charge in [0.15, 0.2) is 23.0 Å². The van der Waals surface area contributed by atoms with Gasteiger partial charge in [0.25, 0.3) is 0 Å². The molecule has 0 fully saturated rings. The predicted molar refractivity (Wildman–Crippen MR) is 85.4 cm³/mol. The minimum Gasteiger partial charge on any atom is -0.504 e. The van der Waals surface area contributed by atoms with Crippen molar-refractivity contribution in [3.8, 4) is 23.0 Å². The summed E-state index contributed by atoms with van der Waals surface area (Å²) in [6.45, 7) is 1.86. The van der Waals surface area contributed by atoms with Crippen LogP contribution in [0.2, 0.25) is 0 Å². The number of aromatic hydroxyl groups is 4. The van der Waals surface area contributed by atoms with Gasteiger partial charge in [-0.1, -0.05) is 19.1 Å². The third-order valence-electron chi connectivity index (χ3n) is 3.97. The molecule has 0 aliphatic rings. The first-order valence-electron chi connectivity index (χ1n) is 7.18. The average molecular weight is 319 g/mol. The molecule has 0 saturated heterocycles. The molecule has 0 aliphatic heterocycles. The van der Waals surface area contributed by atoms with Gasteiger partial charge in [0.2, 0.25) is 0 Å². The van der Waals surface area contributed by atoms with Gasteiger partial charge < -0.3 is 31.3 Å². The highest BCUT2D eigenvalue weighted by Gasteiger charge is 2.30. The van der Waals surface area contributed by atoms with Crippen LogP contribution in [-0.4, -0.2) is 31.8 Å². The van der Waals surface area contributed by atoms with E-state index in [2.05, 4.69) is 0 Å². The van der Waals surface area contributed by atoms with Crippen LogP contribution in [0.1, 0.15) is 24.5 Å². The molecule has 0 bridgehead atoms. The molecule has 6 heteroatoms. The molecule has 0 heterocycles. The molecule has 0 aromatic heterocycles. The smallest absolute Gasteiger partial charge is 0.157 e. The fraction of sp³-hybridized carbons (Fsp3) is 0.294. The third kappa shape index (κ3) is 3.85. The second-order valence-corrected chi connectivity index (χ2v) is 6.04. The third-order valence-corrected chi connectivity index (χ3v) is 3.97. The first kappa shape index (κ1) is 16.9. The standard InChI is InChI=1S/C17H21NO5/c1-17(9-16(18)23,11-3-5-13(20)15(22)7-11)8-10-2-4-12(19)14(21)6-10/h2-7,16,19-23H,8-9,18H2,1H3/t16-,17?/m1/s1. The van der Waals surface area contributed by atoms with Crippen molar-refractivity contribution in [2.45, 2.75) is 31.4 Å². The van der Waals surface area contributed by atoms with Crippen LogP contribution in [0.15, 0.2) is 36.4 Å². The van der Waals surface area contributed by atoms with E-state index in [1.165, 1.54) is 24.3 Å². The summed E-state index contributed by atoms with van der Waals surface area (Å²) in [6, 6.07) is 8.95. The van der Waals surface area contributed by atoms with E-state index < -0.39 is 11.6 Å². The predicted octanol–water partition coefficient (Wildman–Crippen LogP) is 1.68. The van der Waals surface area contributed by atoms with E-state index in [4.69, 9.17) is 5.73 Å². The molecule has 7 N–H and O–H groups in total. The number of benzene rings is 2. The molecule has 23 heavy (non-hydrogen) atoms. The molecule has 2 aromatic carbocycles. The fourth-order valence-electron chi connectivity index (χ4n) is 2.78. The summed E-state index contributed by atoms with van der Waals surface area (Å²) < 4.78 is 0. The Hall–Kier alpha value is -2.44. The summed E-state index contributed by atoms with van der Waals surface area (Å²) in [5.74, 6) is -0.927. The highest BCUT2D eigenvalue weighted by Crippen LogP contribution is 2.38. The molecular weight excluding hydrogens is 298 g/mol. The quantitative estimate of drug-likeness (QED) is 0.368. The van der Waals surface area contributed by atoms with Gasteiger partial charge in [0, 0.05) is 5.41 Å². The van der Waals surface area contributed by atoms with Crippen LogP contribution in [0.4, 0.5) is 0 Å². The summed E-state index contributed by atoms with van der Waals surface area (Å²) in [5.41, 5.74) is 6.31. The van der Waals surface area contributed by atoms with E-state index in [9.17, 15) is 25.5 Å². The molecule has 1 unspecified atom stereocenters. The lowest BCUT2D eigenvalue weighted by Crippen LogP contribution is -2.34. The monoisotopic (exact) mass is 319 g/mol. The van der Waals surface area contributed by atoms with E-state index in [1.54, 1.807) is 12.1 Å². The zero-order valence-corrected chi connectivity index (χ0v) is 12.8. The van der Waals surface area contributed by atoms with Gasteiger partial charge in [-0.2, -0.15) is 0 Å². The SMILES string of the molecule is CC(Cc1ccc(O)c(O)c1)(C[C@H](N)O)c1ccc(O)c(O)c1. The Morgan fingerprint density at radius 1 is 0.913 bits per heavy atom. The summed E-state index contributed by atoms with van der Waals surface area (Å²) in [6.07, 6.45) is -0.459. The van der Waals surface area contributed by atoms with Crippen molar-refractivity contribution in [2.75, 3.05) is 0 Å². The number of phenolic OH excluding ortho intramolecular Hbond substituents is 4. The maximum absolute atomic E-state index is 9.73. The number of phenols is 4. The largest absolute Gasteiger partial charge is 0.504 e. The van der Waals surface area contributed by atoms with Crippen LogP contribution in [0, 0.1) is 0 Å². The van der Waals surface area contributed by atoms with Crippen molar-refractivity contribution >= 4 is 0 Å². The molecular formula is C17H21NO5. The summed E-state index contributed by atoms with van der Waals surface area (Å²) in [5, 5.41) is 47.9. The molecule has 2 rings (SSSR count). The Balaban J connectivity index is 2.41. The minimum atomic E-state index is -1.07. The number of nitrogens with two attached hydrogens (primary N) is 1. The number of hydrogen-bond acceptors (Lipinski definition) is 6. The summed E-state index contributed by atoms with van der Waals surface area (Å²) in [7, 11) is 0. The van der Waals surface area contributed by atoms with Gasteiger partial charge in [-0.05, 0) is 48.2 Å². The van der Waals surface area contributed by atoms with Gasteiger partial charge in [0.05, 0.1) is 0 Å². The topological polar surface area (TPSA) is 127 Å². The van der Waals surface area contributed by atoms with Gasteiger partial charge in [-0.15, -0.1) is 0 Å². The molecule has 0 saturated carbocycles. The number of rotatable bonds is 5. The maximum atomic E-state index is 9.73. The summed E-state index contributed by atoms with van der Waals surface area (Å²) in [4.78, 5) is 0. The lowest BCUT2D eigenvalue weighted by atomic mass is 9.74. The highest BCUT2D eigenvalue weighted by atomic mass is 16.3. The Morgan fingerprint density at radius 3 is 2.00 bits per heavy atom. The Bertz CT molecular complexity index is 701. The molecule has 0 amide bonds. The van der Waals surface area contributed by atoms with E-state index in [-0.39, 0.29) is 29.4 Å². The van der Waals surface area contributed by atoms with Crippen LogP contribution in [-0.2, 0) is 11.8 Å². The van der Waals surface area contributed by atoms with Crippen LogP contribution in [0.5, 0.6) is 23.0 Å². The zero-order chi connectivity index (χ0) is 17.2. The van der Waals surface area contributed by atoms with E-state index in [0.717, 1.165) is 5.56 Å². The normalized spacial score (nSPS) is 15.1. The van der Waals surface area contributed by atoms with Gasteiger partial charge in [-0.25, -0.2) is 0 Å². The van der Waals surface area contributed by atoms with Crippen molar-refractivity contribution in [2.24, 2.45) is 5.73 Å². The number of aliphatic hydroxyl groups is 1. The zero-order valence-electron chi connectivity index (χ0n) is 12.8. The van der Waals surface area contributed by atoms with Crippen molar-refractivity contribution < 1.29 is 25.5 Å². The second-order valence-electron chi connectivity index (χ2n) is 6.04.